The van der Waals surface area contributed by atoms with Crippen LogP contribution < -0.4 is 0 Å². The molecule has 0 radical (unpaired) electrons. The molecule has 2 N–H and O–H groups in total. The van der Waals surface area contributed by atoms with Gasteiger partial charge in [-0.05, 0) is 0 Å². The lowest BCUT2D eigenvalue weighted by Crippen LogP contribution is -2.35. The number of aliphatic hydroxyl groups excluding tert-OH is 1. The molecular formula is C12H17NO3. The third kappa shape index (κ3) is 2.52. The minimum Gasteiger partial charge on any atom is -0.507 e. The summed E-state index contributed by atoms with van der Waals surface area (Å²) in [6, 6.07) is 5.49. The Morgan fingerprint density at radius 1 is 1.19 bits per heavy atom. The predicted octanol–water partition coefficient (Wildman–Crippen LogP) is 0.717. The van der Waals surface area contributed by atoms with E-state index >= 15 is 0 Å². The summed E-state index contributed by atoms with van der Waals surface area (Å²) in [5.74, 6) is 0.219. The van der Waals surface area contributed by atoms with Crippen LogP contribution in [0.1, 0.15) is 11.1 Å². The minimum atomic E-state index is -0.122. The van der Waals surface area contributed by atoms with Crippen molar-refractivity contribution in [2.45, 2.75) is 13.2 Å². The molecule has 0 unspecified atom stereocenters. The molecule has 1 heterocycles. The molecular weight excluding hydrogens is 206 g/mol. The van der Waals surface area contributed by atoms with Gasteiger partial charge in [0.15, 0.2) is 0 Å². The Morgan fingerprint density at radius 2 is 1.88 bits per heavy atom. The molecule has 0 atom stereocenters. The second-order valence-corrected chi connectivity index (χ2v) is 3.97. The van der Waals surface area contributed by atoms with Crippen LogP contribution in [0.3, 0.4) is 0 Å². The van der Waals surface area contributed by atoms with Crippen LogP contribution in [0.4, 0.5) is 0 Å². The first kappa shape index (κ1) is 11.4. The Kier molecular flexibility index (Phi) is 3.77. The number of nitrogens with zero attached hydrogens (tertiary/aromatic N) is 1. The number of hydrogen-bond donors (Lipinski definition) is 2. The average Bonchev–Trinajstić information content (AvgIpc) is 2.33. The lowest BCUT2D eigenvalue weighted by molar-refractivity contribution is 0.0338. The zero-order valence-electron chi connectivity index (χ0n) is 9.22. The van der Waals surface area contributed by atoms with E-state index in [1.54, 1.807) is 6.07 Å². The highest BCUT2D eigenvalue weighted by Crippen LogP contribution is 2.23. The number of benzene rings is 1. The van der Waals surface area contributed by atoms with Crippen molar-refractivity contribution in [3.05, 3.63) is 29.3 Å². The van der Waals surface area contributed by atoms with Crippen molar-refractivity contribution < 1.29 is 14.9 Å². The summed E-state index contributed by atoms with van der Waals surface area (Å²) in [6.45, 7) is 3.87. The van der Waals surface area contributed by atoms with Crippen molar-refractivity contribution in [1.29, 1.82) is 0 Å². The zero-order valence-corrected chi connectivity index (χ0v) is 9.22. The second kappa shape index (κ2) is 5.30. The first-order chi connectivity index (χ1) is 7.81. The van der Waals surface area contributed by atoms with E-state index in [2.05, 4.69) is 4.90 Å². The van der Waals surface area contributed by atoms with Gasteiger partial charge < -0.3 is 14.9 Å². The molecule has 0 bridgehead atoms. The van der Waals surface area contributed by atoms with Gasteiger partial charge in [-0.25, -0.2) is 0 Å². The highest BCUT2D eigenvalue weighted by molar-refractivity contribution is 5.39. The molecule has 4 heteroatoms. The highest BCUT2D eigenvalue weighted by Gasteiger charge is 2.13. The molecule has 0 aliphatic carbocycles. The minimum absolute atomic E-state index is 0.122. The van der Waals surface area contributed by atoms with Crippen LogP contribution in [0.15, 0.2) is 18.2 Å². The van der Waals surface area contributed by atoms with E-state index in [1.165, 1.54) is 0 Å². The van der Waals surface area contributed by atoms with Gasteiger partial charge in [0.2, 0.25) is 0 Å². The fraction of sp³-hybridized carbons (Fsp3) is 0.500. The summed E-state index contributed by atoms with van der Waals surface area (Å²) in [5.41, 5.74) is 1.46. The molecule has 1 aromatic rings. The van der Waals surface area contributed by atoms with Crippen LogP contribution in [0.25, 0.3) is 0 Å². The highest BCUT2D eigenvalue weighted by atomic mass is 16.5. The Bertz CT molecular complexity index is 348. The number of hydrogen-bond acceptors (Lipinski definition) is 4. The normalized spacial score (nSPS) is 17.6. The number of aromatic hydroxyl groups is 1. The van der Waals surface area contributed by atoms with Crippen molar-refractivity contribution in [3.8, 4) is 5.75 Å². The summed E-state index contributed by atoms with van der Waals surface area (Å²) < 4.78 is 5.27. The van der Waals surface area contributed by atoms with Gasteiger partial charge in [0, 0.05) is 30.8 Å². The molecule has 1 aliphatic heterocycles. The molecule has 0 saturated carbocycles. The van der Waals surface area contributed by atoms with Crippen molar-refractivity contribution in [1.82, 2.24) is 4.90 Å². The zero-order chi connectivity index (χ0) is 11.4. The molecule has 1 fully saturated rings. The molecule has 0 amide bonds. The molecule has 16 heavy (non-hydrogen) atoms. The van der Waals surface area contributed by atoms with Gasteiger partial charge in [-0.3, -0.25) is 4.90 Å². The number of para-hydroxylation sites is 1. The molecule has 2 rings (SSSR count). The third-order valence-corrected chi connectivity index (χ3v) is 2.87. The van der Waals surface area contributed by atoms with Crippen LogP contribution in [0.5, 0.6) is 5.75 Å². The summed E-state index contributed by atoms with van der Waals surface area (Å²) in [7, 11) is 0. The van der Waals surface area contributed by atoms with Gasteiger partial charge in [0.25, 0.3) is 0 Å². The quantitative estimate of drug-likeness (QED) is 0.792. The number of morpholine rings is 1. The van der Waals surface area contributed by atoms with Crippen LogP contribution in [0.2, 0.25) is 0 Å². The van der Waals surface area contributed by atoms with E-state index < -0.39 is 0 Å². The fourth-order valence-corrected chi connectivity index (χ4v) is 1.90. The van der Waals surface area contributed by atoms with Crippen LogP contribution >= 0.6 is 0 Å². The van der Waals surface area contributed by atoms with Crippen molar-refractivity contribution in [2.75, 3.05) is 26.3 Å². The maximum atomic E-state index is 9.90. The van der Waals surface area contributed by atoms with Gasteiger partial charge in [0.05, 0.1) is 19.8 Å². The van der Waals surface area contributed by atoms with E-state index in [-0.39, 0.29) is 12.4 Å². The number of aliphatic hydroxyl groups is 1. The lowest BCUT2D eigenvalue weighted by Gasteiger charge is -2.27. The largest absolute Gasteiger partial charge is 0.507 e. The second-order valence-electron chi connectivity index (χ2n) is 3.97. The molecule has 0 spiro atoms. The summed E-state index contributed by atoms with van der Waals surface area (Å²) >= 11 is 0. The average molecular weight is 223 g/mol. The number of rotatable bonds is 3. The van der Waals surface area contributed by atoms with E-state index in [0.717, 1.165) is 31.9 Å². The van der Waals surface area contributed by atoms with Crippen molar-refractivity contribution in [3.63, 3.8) is 0 Å². The summed E-state index contributed by atoms with van der Waals surface area (Å²) in [4.78, 5) is 2.24. The van der Waals surface area contributed by atoms with Gasteiger partial charge in [-0.15, -0.1) is 0 Å². The van der Waals surface area contributed by atoms with Crippen molar-refractivity contribution >= 4 is 0 Å². The Hall–Kier alpha value is -1.10. The molecule has 1 saturated heterocycles. The summed E-state index contributed by atoms with van der Waals surface area (Å²) in [5, 5.41) is 19.0. The van der Waals surface area contributed by atoms with E-state index in [9.17, 15) is 5.11 Å². The predicted molar refractivity (Wildman–Crippen MR) is 60.1 cm³/mol. The number of ether oxygens (including phenoxy) is 1. The standard InChI is InChI=1S/C12H17NO3/c14-9-11-3-1-2-10(12(11)15)8-13-4-6-16-7-5-13/h1-3,14-15H,4-9H2. The molecule has 1 aromatic carbocycles. The first-order valence-electron chi connectivity index (χ1n) is 5.52. The maximum absolute atomic E-state index is 9.90. The first-order valence-corrected chi connectivity index (χ1v) is 5.52. The van der Waals surface area contributed by atoms with E-state index in [4.69, 9.17) is 9.84 Å². The monoisotopic (exact) mass is 223 g/mol. The van der Waals surface area contributed by atoms with Crippen LogP contribution in [-0.4, -0.2) is 41.4 Å². The molecule has 88 valence electrons. The number of phenols is 1. The smallest absolute Gasteiger partial charge is 0.125 e. The topological polar surface area (TPSA) is 52.9 Å². The van der Waals surface area contributed by atoms with E-state index in [1.807, 2.05) is 12.1 Å². The lowest BCUT2D eigenvalue weighted by atomic mass is 10.1. The van der Waals surface area contributed by atoms with Crippen LogP contribution in [0, 0.1) is 0 Å². The van der Waals surface area contributed by atoms with Gasteiger partial charge in [0.1, 0.15) is 5.75 Å². The maximum Gasteiger partial charge on any atom is 0.125 e. The third-order valence-electron chi connectivity index (χ3n) is 2.87. The Balaban J connectivity index is 2.08. The van der Waals surface area contributed by atoms with Crippen molar-refractivity contribution in [2.24, 2.45) is 0 Å². The van der Waals surface area contributed by atoms with Gasteiger partial charge >= 0.3 is 0 Å². The SMILES string of the molecule is OCc1cccc(CN2CCOCC2)c1O. The molecule has 1 aliphatic rings. The molecule has 0 aromatic heterocycles. The van der Waals surface area contributed by atoms with Gasteiger partial charge in [-0.2, -0.15) is 0 Å². The Labute approximate surface area is 95.1 Å². The summed E-state index contributed by atoms with van der Waals surface area (Å²) in [6.07, 6.45) is 0. The Morgan fingerprint density at radius 3 is 2.56 bits per heavy atom. The van der Waals surface area contributed by atoms with Gasteiger partial charge in [-0.1, -0.05) is 18.2 Å². The van der Waals surface area contributed by atoms with E-state index in [0.29, 0.717) is 12.1 Å². The fourth-order valence-electron chi connectivity index (χ4n) is 1.90. The van der Waals surface area contributed by atoms with Crippen LogP contribution in [-0.2, 0) is 17.9 Å². The molecule has 4 nitrogen and oxygen atoms in total.